The molecule has 0 N–H and O–H groups in total. The second-order valence-corrected chi connectivity index (χ2v) is 3.44. The molecule has 3 nitrogen and oxygen atoms in total. The van der Waals surface area contributed by atoms with Gasteiger partial charge >= 0.3 is 0 Å². The Balaban J connectivity index is 2.28. The lowest BCUT2D eigenvalue weighted by atomic mass is 10.1. The molecule has 0 saturated heterocycles. The fraction of sp³-hybridized carbons (Fsp3) is 0.167. The first-order chi connectivity index (χ1) is 7.27. The van der Waals surface area contributed by atoms with Crippen LogP contribution in [0.25, 0.3) is 11.1 Å². The van der Waals surface area contributed by atoms with Crippen molar-refractivity contribution in [1.29, 1.82) is 0 Å². The highest BCUT2D eigenvalue weighted by Crippen LogP contribution is 2.26. The van der Waals surface area contributed by atoms with Gasteiger partial charge in [0, 0.05) is 11.3 Å². The van der Waals surface area contributed by atoms with Gasteiger partial charge < -0.3 is 0 Å². The van der Waals surface area contributed by atoms with Crippen LogP contribution in [0.4, 0.5) is 0 Å². The van der Waals surface area contributed by atoms with Gasteiger partial charge in [0.1, 0.15) is 0 Å². The van der Waals surface area contributed by atoms with Crippen LogP contribution in [0.3, 0.4) is 0 Å². The van der Waals surface area contributed by atoms with Crippen LogP contribution in [-0.4, -0.2) is 11.5 Å². The van der Waals surface area contributed by atoms with Gasteiger partial charge in [-0.15, -0.1) is 0 Å². The van der Waals surface area contributed by atoms with E-state index in [1.54, 1.807) is 0 Å². The third-order valence-corrected chi connectivity index (χ3v) is 2.45. The molecule has 0 amide bonds. The van der Waals surface area contributed by atoms with Gasteiger partial charge in [0.05, 0.1) is 0 Å². The smallest absolute Gasteiger partial charge is 0.207 e. The summed E-state index contributed by atoms with van der Waals surface area (Å²) in [6, 6.07) is 13.9. The summed E-state index contributed by atoms with van der Waals surface area (Å²) in [4.78, 5) is 10.0. The molecular weight excluding hydrogens is 190 g/mol. The van der Waals surface area contributed by atoms with Crippen molar-refractivity contribution in [3.63, 3.8) is 0 Å². The van der Waals surface area contributed by atoms with E-state index < -0.39 is 0 Å². The number of fused-ring (bicyclic) bond motifs is 1. The van der Waals surface area contributed by atoms with Gasteiger partial charge in [-0.3, -0.25) is 10.1 Å². The van der Waals surface area contributed by atoms with Crippen molar-refractivity contribution >= 4 is 0 Å². The Morgan fingerprint density at radius 2 is 1.87 bits per heavy atom. The summed E-state index contributed by atoms with van der Waals surface area (Å²) in [5, 5.41) is 10.3. The fourth-order valence-corrected chi connectivity index (χ4v) is 1.71. The highest BCUT2D eigenvalue weighted by Gasteiger charge is 2.09. The number of hydrogen-bond acceptors (Lipinski definition) is 2. The molecule has 2 aliphatic carbocycles. The average Bonchev–Trinajstić information content (AvgIpc) is 2.44. The van der Waals surface area contributed by atoms with Crippen LogP contribution in [0.2, 0.25) is 0 Å². The minimum Gasteiger partial charge on any atom is -0.265 e. The molecule has 0 atom stereocenters. The van der Waals surface area contributed by atoms with Crippen LogP contribution in [0.15, 0.2) is 42.5 Å². The van der Waals surface area contributed by atoms with Crippen molar-refractivity contribution in [3.8, 4) is 11.1 Å². The lowest BCUT2D eigenvalue weighted by Crippen LogP contribution is -2.03. The maximum Gasteiger partial charge on any atom is 0.207 e. The predicted molar refractivity (Wildman–Crippen MR) is 58.6 cm³/mol. The summed E-state index contributed by atoms with van der Waals surface area (Å²) in [6.45, 7) is -0.00226. The van der Waals surface area contributed by atoms with E-state index in [-0.39, 0.29) is 11.5 Å². The zero-order valence-electron chi connectivity index (χ0n) is 8.22. The Bertz CT molecular complexity index is 453. The molecule has 0 bridgehead atoms. The summed E-state index contributed by atoms with van der Waals surface area (Å²) < 4.78 is 0. The quantitative estimate of drug-likeness (QED) is 0.566. The second-order valence-electron chi connectivity index (χ2n) is 3.44. The van der Waals surface area contributed by atoms with Crippen molar-refractivity contribution in [1.82, 2.24) is 0 Å². The molecular formula is C12H11NO2. The molecule has 2 aliphatic rings. The van der Waals surface area contributed by atoms with Gasteiger partial charge in [-0.05, 0) is 16.7 Å². The van der Waals surface area contributed by atoms with Crippen molar-refractivity contribution in [2.75, 3.05) is 6.54 Å². The number of nitrogens with zero attached hydrogens (tertiary/aromatic N) is 1. The molecule has 2 rings (SSSR count). The molecule has 0 saturated carbocycles. The first-order valence-corrected chi connectivity index (χ1v) is 4.86. The standard InChI is InChI=1S/C12H11NO2/c14-13(15)9-8-11-7-6-10-4-2-1-3-5-12(10)11/h1-7H,8-9H2. The molecule has 0 aliphatic heterocycles. The lowest BCUT2D eigenvalue weighted by molar-refractivity contribution is -0.479. The third kappa shape index (κ3) is 2.13. The molecule has 15 heavy (non-hydrogen) atoms. The summed E-state index contributed by atoms with van der Waals surface area (Å²) in [5.41, 5.74) is 3.30. The topological polar surface area (TPSA) is 43.1 Å². The molecule has 0 unspecified atom stereocenters. The predicted octanol–water partition coefficient (Wildman–Crippen LogP) is 2.61. The van der Waals surface area contributed by atoms with E-state index in [4.69, 9.17) is 0 Å². The minimum atomic E-state index is -0.276. The monoisotopic (exact) mass is 201 g/mol. The molecule has 76 valence electrons. The molecule has 0 radical (unpaired) electrons. The average molecular weight is 201 g/mol. The van der Waals surface area contributed by atoms with E-state index in [2.05, 4.69) is 0 Å². The van der Waals surface area contributed by atoms with Crippen molar-refractivity contribution in [2.45, 2.75) is 6.42 Å². The Morgan fingerprint density at radius 3 is 2.67 bits per heavy atom. The van der Waals surface area contributed by atoms with Crippen molar-refractivity contribution in [3.05, 3.63) is 58.1 Å². The van der Waals surface area contributed by atoms with Gasteiger partial charge in [-0.1, -0.05) is 42.5 Å². The highest BCUT2D eigenvalue weighted by atomic mass is 16.6. The SMILES string of the molecule is O=[N+]([O-])CCc1ccc2cccccc1-2. The lowest BCUT2D eigenvalue weighted by Gasteiger charge is -1.97. The summed E-state index contributed by atoms with van der Waals surface area (Å²) in [6.07, 6.45) is 0.501. The minimum absolute atomic E-state index is 0.00226. The molecule has 0 spiro atoms. The number of rotatable bonds is 3. The molecule has 3 heteroatoms. The second kappa shape index (κ2) is 4.09. The summed E-state index contributed by atoms with van der Waals surface area (Å²) in [5.74, 6) is 0. The largest absolute Gasteiger partial charge is 0.265 e. The normalized spacial score (nSPS) is 10.4. The van der Waals surface area contributed by atoms with E-state index in [1.165, 1.54) is 0 Å². The Hall–Kier alpha value is -1.90. The summed E-state index contributed by atoms with van der Waals surface area (Å²) in [7, 11) is 0. The van der Waals surface area contributed by atoms with Gasteiger partial charge in [0.15, 0.2) is 0 Å². The van der Waals surface area contributed by atoms with E-state index in [0.717, 1.165) is 16.7 Å². The van der Waals surface area contributed by atoms with Crippen LogP contribution < -0.4 is 0 Å². The van der Waals surface area contributed by atoms with E-state index in [1.807, 2.05) is 42.5 Å². The van der Waals surface area contributed by atoms with Gasteiger partial charge in [0.25, 0.3) is 0 Å². The van der Waals surface area contributed by atoms with Crippen LogP contribution >= 0.6 is 0 Å². The van der Waals surface area contributed by atoms with Crippen LogP contribution in [-0.2, 0) is 6.42 Å². The van der Waals surface area contributed by atoms with Crippen LogP contribution in [0, 0.1) is 10.1 Å². The molecule has 0 aromatic rings. The fourth-order valence-electron chi connectivity index (χ4n) is 1.71. The van der Waals surface area contributed by atoms with Gasteiger partial charge in [0.2, 0.25) is 6.54 Å². The molecule has 0 heterocycles. The van der Waals surface area contributed by atoms with Gasteiger partial charge in [-0.2, -0.15) is 0 Å². The zero-order chi connectivity index (χ0) is 10.7. The number of nitro groups is 1. The molecule has 0 fully saturated rings. The molecule has 0 aromatic heterocycles. The van der Waals surface area contributed by atoms with Crippen LogP contribution in [0.1, 0.15) is 5.56 Å². The molecule has 0 aromatic carbocycles. The maximum absolute atomic E-state index is 10.3. The third-order valence-electron chi connectivity index (χ3n) is 2.45. The maximum atomic E-state index is 10.3. The van der Waals surface area contributed by atoms with Crippen molar-refractivity contribution < 1.29 is 4.92 Å². The van der Waals surface area contributed by atoms with E-state index in [9.17, 15) is 10.1 Å². The van der Waals surface area contributed by atoms with Crippen molar-refractivity contribution in [2.24, 2.45) is 0 Å². The zero-order valence-corrected chi connectivity index (χ0v) is 8.22. The Morgan fingerprint density at radius 1 is 1.07 bits per heavy atom. The first-order valence-electron chi connectivity index (χ1n) is 4.86. The van der Waals surface area contributed by atoms with E-state index in [0.29, 0.717) is 6.42 Å². The number of hydrogen-bond donors (Lipinski definition) is 0. The highest BCUT2D eigenvalue weighted by molar-refractivity contribution is 5.70. The Kier molecular flexibility index (Phi) is 2.63. The first kappa shape index (κ1) is 9.65. The van der Waals surface area contributed by atoms with Gasteiger partial charge in [-0.25, -0.2) is 0 Å². The Labute approximate surface area is 87.9 Å². The van der Waals surface area contributed by atoms with E-state index >= 15 is 0 Å². The summed E-state index contributed by atoms with van der Waals surface area (Å²) >= 11 is 0. The van der Waals surface area contributed by atoms with Crippen LogP contribution in [0.5, 0.6) is 0 Å².